The number of aryl methyl sites for hydroxylation is 1. The SMILES string of the molecule is CN(C)CCCCC1CCc2cc(OCc3ccc(-c4ccccc4)cc3)ccc2C1. The third kappa shape index (κ3) is 6.21. The number of unbranched alkanes of at least 4 members (excludes halogenated alkanes) is 1. The highest BCUT2D eigenvalue weighted by molar-refractivity contribution is 5.63. The molecule has 0 amide bonds. The van der Waals surface area contributed by atoms with Crippen molar-refractivity contribution in [3.8, 4) is 16.9 Å². The zero-order chi connectivity index (χ0) is 21.5. The molecule has 0 saturated heterocycles. The molecule has 2 nitrogen and oxygen atoms in total. The minimum absolute atomic E-state index is 0.613. The van der Waals surface area contributed by atoms with Gasteiger partial charge in [-0.25, -0.2) is 0 Å². The molecule has 31 heavy (non-hydrogen) atoms. The van der Waals surface area contributed by atoms with Crippen molar-refractivity contribution in [2.75, 3.05) is 20.6 Å². The van der Waals surface area contributed by atoms with Crippen molar-refractivity contribution >= 4 is 0 Å². The Morgan fingerprint density at radius 1 is 0.839 bits per heavy atom. The largest absolute Gasteiger partial charge is 0.489 e. The minimum atomic E-state index is 0.613. The highest BCUT2D eigenvalue weighted by atomic mass is 16.5. The Kier molecular flexibility index (Phi) is 7.43. The number of nitrogens with zero attached hydrogens (tertiary/aromatic N) is 1. The third-order valence-corrected chi connectivity index (χ3v) is 6.44. The summed E-state index contributed by atoms with van der Waals surface area (Å²) in [5.41, 5.74) is 6.72. The van der Waals surface area contributed by atoms with Gasteiger partial charge < -0.3 is 9.64 Å². The van der Waals surface area contributed by atoms with E-state index in [1.165, 1.54) is 72.9 Å². The van der Waals surface area contributed by atoms with Crippen LogP contribution >= 0.6 is 0 Å². The van der Waals surface area contributed by atoms with Gasteiger partial charge in [-0.2, -0.15) is 0 Å². The molecule has 1 unspecified atom stereocenters. The van der Waals surface area contributed by atoms with E-state index in [-0.39, 0.29) is 0 Å². The number of rotatable bonds is 9. The maximum absolute atomic E-state index is 6.13. The third-order valence-electron chi connectivity index (χ3n) is 6.44. The molecule has 0 fully saturated rings. The normalized spacial score (nSPS) is 15.6. The quantitative estimate of drug-likeness (QED) is 0.359. The number of hydrogen-bond donors (Lipinski definition) is 0. The fourth-order valence-corrected chi connectivity index (χ4v) is 4.59. The van der Waals surface area contributed by atoms with Gasteiger partial charge in [0.05, 0.1) is 0 Å². The summed E-state index contributed by atoms with van der Waals surface area (Å²) in [7, 11) is 4.33. The predicted molar refractivity (Wildman–Crippen MR) is 131 cm³/mol. The topological polar surface area (TPSA) is 12.5 Å². The van der Waals surface area contributed by atoms with Crippen LogP contribution in [0.1, 0.15) is 42.4 Å². The van der Waals surface area contributed by atoms with Crippen molar-refractivity contribution in [1.82, 2.24) is 4.90 Å². The molecular formula is C29H35NO. The van der Waals surface area contributed by atoms with Gasteiger partial charge in [-0.1, -0.05) is 73.5 Å². The molecular weight excluding hydrogens is 378 g/mol. The van der Waals surface area contributed by atoms with Crippen LogP contribution in [0.3, 0.4) is 0 Å². The Hall–Kier alpha value is -2.58. The fourth-order valence-electron chi connectivity index (χ4n) is 4.59. The van der Waals surface area contributed by atoms with E-state index >= 15 is 0 Å². The maximum atomic E-state index is 6.13. The lowest BCUT2D eigenvalue weighted by Gasteiger charge is -2.25. The van der Waals surface area contributed by atoms with Gasteiger partial charge in [-0.05, 0) is 92.2 Å². The summed E-state index contributed by atoms with van der Waals surface area (Å²) in [6.07, 6.45) is 7.77. The fraction of sp³-hybridized carbons (Fsp3) is 0.379. The summed E-state index contributed by atoms with van der Waals surface area (Å²) >= 11 is 0. The molecule has 0 aliphatic heterocycles. The van der Waals surface area contributed by atoms with Crippen molar-refractivity contribution in [2.45, 2.75) is 45.1 Å². The monoisotopic (exact) mass is 413 g/mol. The van der Waals surface area contributed by atoms with Crippen molar-refractivity contribution in [3.63, 3.8) is 0 Å². The summed E-state index contributed by atoms with van der Waals surface area (Å²) < 4.78 is 6.13. The summed E-state index contributed by atoms with van der Waals surface area (Å²) in [6.45, 7) is 1.82. The number of hydrogen-bond acceptors (Lipinski definition) is 2. The number of fused-ring (bicyclic) bond motifs is 1. The van der Waals surface area contributed by atoms with Crippen LogP contribution in [0.2, 0.25) is 0 Å². The second kappa shape index (κ2) is 10.6. The van der Waals surface area contributed by atoms with Crippen LogP contribution < -0.4 is 4.74 Å². The van der Waals surface area contributed by atoms with Gasteiger partial charge in [0.15, 0.2) is 0 Å². The van der Waals surface area contributed by atoms with Crippen LogP contribution in [0.5, 0.6) is 5.75 Å². The van der Waals surface area contributed by atoms with E-state index in [1.807, 2.05) is 0 Å². The van der Waals surface area contributed by atoms with Crippen molar-refractivity contribution in [2.24, 2.45) is 5.92 Å². The Morgan fingerprint density at radius 2 is 1.61 bits per heavy atom. The average Bonchev–Trinajstić information content (AvgIpc) is 2.81. The van der Waals surface area contributed by atoms with Gasteiger partial charge in [-0.15, -0.1) is 0 Å². The minimum Gasteiger partial charge on any atom is -0.489 e. The molecule has 0 radical (unpaired) electrons. The highest BCUT2D eigenvalue weighted by Crippen LogP contribution is 2.31. The van der Waals surface area contributed by atoms with Crippen molar-refractivity contribution < 1.29 is 4.74 Å². The zero-order valence-electron chi connectivity index (χ0n) is 19.0. The molecule has 3 aromatic carbocycles. The lowest BCUT2D eigenvalue weighted by atomic mass is 9.81. The van der Waals surface area contributed by atoms with Crippen LogP contribution in [0, 0.1) is 5.92 Å². The summed E-state index contributed by atoms with van der Waals surface area (Å²) in [5.74, 6) is 1.85. The smallest absolute Gasteiger partial charge is 0.120 e. The van der Waals surface area contributed by atoms with Crippen LogP contribution in [0.15, 0.2) is 72.8 Å². The molecule has 4 rings (SSSR count). The summed E-state index contributed by atoms with van der Waals surface area (Å²) in [6, 6.07) is 25.9. The molecule has 162 valence electrons. The summed E-state index contributed by atoms with van der Waals surface area (Å²) in [4.78, 5) is 2.29. The lowest BCUT2D eigenvalue weighted by molar-refractivity contribution is 0.305. The molecule has 0 spiro atoms. The molecule has 0 bridgehead atoms. The van der Waals surface area contributed by atoms with Crippen LogP contribution in [-0.2, 0) is 19.4 Å². The van der Waals surface area contributed by atoms with Crippen molar-refractivity contribution in [1.29, 1.82) is 0 Å². The Labute approximate surface area is 187 Å². The molecule has 0 heterocycles. The molecule has 2 heteroatoms. The lowest BCUT2D eigenvalue weighted by Crippen LogP contribution is -2.16. The van der Waals surface area contributed by atoms with Gasteiger partial charge in [0.1, 0.15) is 12.4 Å². The molecule has 1 atom stereocenters. The van der Waals surface area contributed by atoms with Crippen molar-refractivity contribution in [3.05, 3.63) is 89.5 Å². The van der Waals surface area contributed by atoms with E-state index in [9.17, 15) is 0 Å². The predicted octanol–water partition coefficient (Wildman–Crippen LogP) is 6.77. The second-order valence-corrected chi connectivity index (χ2v) is 9.19. The second-order valence-electron chi connectivity index (χ2n) is 9.19. The first-order valence-corrected chi connectivity index (χ1v) is 11.7. The maximum Gasteiger partial charge on any atom is 0.120 e. The molecule has 1 aliphatic rings. The van der Waals surface area contributed by atoms with E-state index in [0.29, 0.717) is 6.61 Å². The number of benzene rings is 3. The first-order valence-electron chi connectivity index (χ1n) is 11.7. The van der Waals surface area contributed by atoms with E-state index in [2.05, 4.69) is 91.8 Å². The average molecular weight is 414 g/mol. The van der Waals surface area contributed by atoms with E-state index < -0.39 is 0 Å². The van der Waals surface area contributed by atoms with Gasteiger partial charge in [0.25, 0.3) is 0 Å². The van der Waals surface area contributed by atoms with Crippen LogP contribution in [-0.4, -0.2) is 25.5 Å². The number of ether oxygens (including phenoxy) is 1. The first-order chi connectivity index (χ1) is 15.2. The molecule has 1 aliphatic carbocycles. The zero-order valence-corrected chi connectivity index (χ0v) is 19.0. The van der Waals surface area contributed by atoms with Crippen LogP contribution in [0.25, 0.3) is 11.1 Å². The standard InChI is InChI=1S/C29H35NO/c1-30(2)19-7-6-8-23-11-16-28-21-29(18-17-27(28)20-23)31-22-24-12-14-26(15-13-24)25-9-4-3-5-10-25/h3-5,9-10,12-15,17-18,21,23H,6-8,11,16,19-20,22H2,1-2H3. The molecule has 0 N–H and O–H groups in total. The summed E-state index contributed by atoms with van der Waals surface area (Å²) in [5, 5.41) is 0. The van der Waals surface area contributed by atoms with Gasteiger partial charge in [0.2, 0.25) is 0 Å². The molecule has 0 aromatic heterocycles. The van der Waals surface area contributed by atoms with E-state index in [1.54, 1.807) is 0 Å². The van der Waals surface area contributed by atoms with E-state index in [0.717, 1.165) is 11.7 Å². The van der Waals surface area contributed by atoms with E-state index in [4.69, 9.17) is 4.74 Å². The molecule has 3 aromatic rings. The van der Waals surface area contributed by atoms with Gasteiger partial charge in [-0.3, -0.25) is 0 Å². The molecule has 0 saturated carbocycles. The Morgan fingerprint density at radius 3 is 2.39 bits per heavy atom. The highest BCUT2D eigenvalue weighted by Gasteiger charge is 2.19. The van der Waals surface area contributed by atoms with Gasteiger partial charge in [0, 0.05) is 0 Å². The Balaban J connectivity index is 1.28. The first kappa shape index (κ1) is 21.6. The Bertz CT molecular complexity index is 946. The van der Waals surface area contributed by atoms with Crippen LogP contribution in [0.4, 0.5) is 0 Å². The van der Waals surface area contributed by atoms with Gasteiger partial charge >= 0.3 is 0 Å².